The van der Waals surface area contributed by atoms with Gasteiger partial charge in [-0.25, -0.2) is 8.42 Å². The third-order valence-corrected chi connectivity index (χ3v) is 8.77. The van der Waals surface area contributed by atoms with E-state index in [1.165, 1.54) is 10.6 Å². The zero-order valence-corrected chi connectivity index (χ0v) is 26.5. The standard InChI is InChI=1S/C33H42ClN3O4S/c1-5-25(3)35-33(39)31(23-27-11-8-7-9-12-27)36(24-28-14-18-29(34)19-15-28)32(38)13-10-22-37(42(4,40)41)30-20-16-26(6-2)17-21-30/h7-9,11-12,14-21,25,31H,5-6,10,13,22-24H2,1-4H3,(H,35,39)/t25-,31+/m0/s1. The van der Waals surface area contributed by atoms with E-state index in [0.29, 0.717) is 23.6 Å². The number of sulfonamides is 1. The van der Waals surface area contributed by atoms with E-state index in [4.69, 9.17) is 11.6 Å². The van der Waals surface area contributed by atoms with Crippen LogP contribution in [0.3, 0.4) is 0 Å². The number of aryl methyl sites for hydroxylation is 1. The summed E-state index contributed by atoms with van der Waals surface area (Å²) >= 11 is 6.11. The van der Waals surface area contributed by atoms with E-state index in [9.17, 15) is 18.0 Å². The summed E-state index contributed by atoms with van der Waals surface area (Å²) < 4.78 is 26.7. The zero-order chi connectivity index (χ0) is 30.7. The molecule has 0 heterocycles. The lowest BCUT2D eigenvalue weighted by Gasteiger charge is -2.32. The number of nitrogens with one attached hydrogen (secondary N) is 1. The quantitative estimate of drug-likeness (QED) is 0.228. The highest BCUT2D eigenvalue weighted by atomic mass is 35.5. The molecule has 0 bridgehead atoms. The molecular formula is C33H42ClN3O4S. The smallest absolute Gasteiger partial charge is 0.243 e. The van der Waals surface area contributed by atoms with Crippen molar-refractivity contribution in [2.75, 3.05) is 17.1 Å². The monoisotopic (exact) mass is 611 g/mol. The van der Waals surface area contributed by atoms with Crippen LogP contribution in [0.1, 0.15) is 56.7 Å². The number of amides is 2. The molecule has 226 valence electrons. The third-order valence-electron chi connectivity index (χ3n) is 7.32. The second-order valence-electron chi connectivity index (χ2n) is 10.6. The maximum absolute atomic E-state index is 13.9. The van der Waals surface area contributed by atoms with Gasteiger partial charge in [-0.2, -0.15) is 0 Å². The fourth-order valence-corrected chi connectivity index (χ4v) is 5.77. The summed E-state index contributed by atoms with van der Waals surface area (Å²) in [5, 5.41) is 3.65. The largest absolute Gasteiger partial charge is 0.352 e. The SMILES string of the molecule is CCc1ccc(N(CCCC(=O)N(Cc2ccc(Cl)cc2)[C@H](Cc2ccccc2)C(=O)N[C@@H](C)CC)S(C)(=O)=O)cc1. The van der Waals surface area contributed by atoms with Gasteiger partial charge in [0.15, 0.2) is 0 Å². The summed E-state index contributed by atoms with van der Waals surface area (Å²) in [4.78, 5) is 29.2. The number of carbonyl (C=O) groups is 2. The first-order valence-corrected chi connectivity index (χ1v) is 16.7. The van der Waals surface area contributed by atoms with E-state index in [1.807, 2.05) is 75.4 Å². The van der Waals surface area contributed by atoms with Crippen molar-refractivity contribution in [2.45, 2.75) is 71.5 Å². The average molecular weight is 612 g/mol. The highest BCUT2D eigenvalue weighted by molar-refractivity contribution is 7.92. The maximum Gasteiger partial charge on any atom is 0.243 e. The minimum Gasteiger partial charge on any atom is -0.352 e. The number of nitrogens with zero attached hydrogens (tertiary/aromatic N) is 2. The van der Waals surface area contributed by atoms with E-state index in [2.05, 4.69) is 5.32 Å². The highest BCUT2D eigenvalue weighted by Crippen LogP contribution is 2.21. The van der Waals surface area contributed by atoms with Gasteiger partial charge in [-0.05, 0) is 67.1 Å². The first-order valence-electron chi connectivity index (χ1n) is 14.5. The summed E-state index contributed by atoms with van der Waals surface area (Å²) in [6.07, 6.45) is 3.51. The Labute approximate surface area is 255 Å². The van der Waals surface area contributed by atoms with Crippen LogP contribution in [-0.2, 0) is 39.0 Å². The van der Waals surface area contributed by atoms with Gasteiger partial charge >= 0.3 is 0 Å². The fourth-order valence-electron chi connectivity index (χ4n) is 4.68. The van der Waals surface area contributed by atoms with Crippen LogP contribution in [-0.4, -0.2) is 50.0 Å². The van der Waals surface area contributed by atoms with E-state index in [0.717, 1.165) is 29.5 Å². The molecular weight excluding hydrogens is 570 g/mol. The van der Waals surface area contributed by atoms with Crippen LogP contribution in [0.5, 0.6) is 0 Å². The van der Waals surface area contributed by atoms with Crippen LogP contribution in [0, 0.1) is 0 Å². The summed E-state index contributed by atoms with van der Waals surface area (Å²) in [7, 11) is -3.56. The lowest BCUT2D eigenvalue weighted by atomic mass is 10.0. The van der Waals surface area contributed by atoms with Gasteiger partial charge in [0, 0.05) is 37.0 Å². The van der Waals surface area contributed by atoms with Crippen molar-refractivity contribution in [3.05, 3.63) is 101 Å². The van der Waals surface area contributed by atoms with Gasteiger partial charge in [-0.3, -0.25) is 13.9 Å². The number of rotatable bonds is 15. The van der Waals surface area contributed by atoms with Crippen molar-refractivity contribution in [1.29, 1.82) is 0 Å². The minimum absolute atomic E-state index is 0.0503. The Hall–Kier alpha value is -3.36. The molecule has 0 spiro atoms. The molecule has 2 amide bonds. The zero-order valence-electron chi connectivity index (χ0n) is 24.9. The minimum atomic E-state index is -3.56. The molecule has 3 rings (SSSR count). The van der Waals surface area contributed by atoms with Crippen LogP contribution in [0.25, 0.3) is 0 Å². The topological polar surface area (TPSA) is 86.8 Å². The number of anilines is 1. The Morgan fingerprint density at radius 3 is 2.07 bits per heavy atom. The Kier molecular flexibility index (Phi) is 12.4. The first kappa shape index (κ1) is 33.1. The van der Waals surface area contributed by atoms with Crippen LogP contribution in [0.2, 0.25) is 5.02 Å². The second kappa shape index (κ2) is 15.8. The summed E-state index contributed by atoms with van der Waals surface area (Å²) in [6.45, 7) is 6.34. The molecule has 1 N–H and O–H groups in total. The fraction of sp³-hybridized carbons (Fsp3) is 0.394. The van der Waals surface area contributed by atoms with E-state index in [-0.39, 0.29) is 37.4 Å². The molecule has 0 aliphatic carbocycles. The molecule has 2 atom stereocenters. The van der Waals surface area contributed by atoms with Crippen molar-refractivity contribution in [2.24, 2.45) is 0 Å². The number of benzene rings is 3. The van der Waals surface area contributed by atoms with Gasteiger partial charge in [0.1, 0.15) is 6.04 Å². The van der Waals surface area contributed by atoms with Gasteiger partial charge in [0.05, 0.1) is 11.9 Å². The van der Waals surface area contributed by atoms with Crippen molar-refractivity contribution in [3.8, 4) is 0 Å². The van der Waals surface area contributed by atoms with Crippen molar-refractivity contribution in [1.82, 2.24) is 10.2 Å². The lowest BCUT2D eigenvalue weighted by molar-refractivity contribution is -0.141. The molecule has 0 aliphatic rings. The van der Waals surface area contributed by atoms with Gasteiger partial charge < -0.3 is 10.2 Å². The van der Waals surface area contributed by atoms with Crippen molar-refractivity contribution >= 4 is 39.1 Å². The molecule has 0 aliphatic heterocycles. The van der Waals surface area contributed by atoms with Crippen LogP contribution >= 0.6 is 11.6 Å². The Morgan fingerprint density at radius 2 is 1.50 bits per heavy atom. The average Bonchev–Trinajstić information content (AvgIpc) is 2.97. The highest BCUT2D eigenvalue weighted by Gasteiger charge is 2.31. The molecule has 0 aromatic heterocycles. The Bertz CT molecular complexity index is 1400. The normalized spacial score (nSPS) is 12.8. The Morgan fingerprint density at radius 1 is 0.881 bits per heavy atom. The molecule has 0 radical (unpaired) electrons. The number of hydrogen-bond donors (Lipinski definition) is 1. The maximum atomic E-state index is 13.9. The molecule has 0 saturated heterocycles. The number of carbonyl (C=O) groups excluding carboxylic acids is 2. The van der Waals surface area contributed by atoms with Gasteiger partial charge in [0.25, 0.3) is 0 Å². The molecule has 9 heteroatoms. The van der Waals surface area contributed by atoms with Gasteiger partial charge in [-0.15, -0.1) is 0 Å². The summed E-state index contributed by atoms with van der Waals surface area (Å²) in [6, 6.07) is 23.5. The summed E-state index contributed by atoms with van der Waals surface area (Å²) in [5.41, 5.74) is 3.46. The van der Waals surface area contributed by atoms with E-state index < -0.39 is 16.1 Å². The second-order valence-corrected chi connectivity index (χ2v) is 13.0. The van der Waals surface area contributed by atoms with Crippen LogP contribution < -0.4 is 9.62 Å². The van der Waals surface area contributed by atoms with Crippen LogP contribution in [0.4, 0.5) is 5.69 Å². The van der Waals surface area contributed by atoms with Gasteiger partial charge in [-0.1, -0.05) is 80.0 Å². The predicted octanol–water partition coefficient (Wildman–Crippen LogP) is 6.00. The summed E-state index contributed by atoms with van der Waals surface area (Å²) in [5.74, 6) is -0.441. The van der Waals surface area contributed by atoms with Crippen molar-refractivity contribution < 1.29 is 18.0 Å². The molecule has 0 saturated carbocycles. The van der Waals surface area contributed by atoms with Gasteiger partial charge in [0.2, 0.25) is 21.8 Å². The predicted molar refractivity (Wildman–Crippen MR) is 171 cm³/mol. The van der Waals surface area contributed by atoms with E-state index in [1.54, 1.807) is 29.2 Å². The number of hydrogen-bond acceptors (Lipinski definition) is 4. The van der Waals surface area contributed by atoms with E-state index >= 15 is 0 Å². The molecule has 3 aromatic rings. The molecule has 7 nitrogen and oxygen atoms in total. The molecule has 0 fully saturated rings. The molecule has 0 unspecified atom stereocenters. The van der Waals surface area contributed by atoms with Crippen LogP contribution in [0.15, 0.2) is 78.9 Å². The Balaban J connectivity index is 1.87. The third kappa shape index (κ3) is 9.88. The number of halogens is 1. The first-order chi connectivity index (χ1) is 20.0. The molecule has 42 heavy (non-hydrogen) atoms. The lowest BCUT2D eigenvalue weighted by Crippen LogP contribution is -2.52. The van der Waals surface area contributed by atoms with Crippen molar-refractivity contribution in [3.63, 3.8) is 0 Å². The molecule has 3 aromatic carbocycles.